The van der Waals surface area contributed by atoms with Crippen LogP contribution in [0.2, 0.25) is 0 Å². The Labute approximate surface area is 68.9 Å². The van der Waals surface area contributed by atoms with Crippen molar-refractivity contribution in [3.8, 4) is 0 Å². The van der Waals surface area contributed by atoms with Crippen LogP contribution in [0.3, 0.4) is 0 Å². The number of rotatable bonds is 1. The first kappa shape index (κ1) is 6.83. The lowest BCUT2D eigenvalue weighted by molar-refractivity contribution is 0.284. The number of benzene rings is 1. The summed E-state index contributed by atoms with van der Waals surface area (Å²) in [5.74, 6) is 0. The quantitative estimate of drug-likeness (QED) is 0.683. The van der Waals surface area contributed by atoms with Gasteiger partial charge in [-0.05, 0) is 23.1 Å². The summed E-state index contributed by atoms with van der Waals surface area (Å²) in [5.41, 5.74) is 0.977. The van der Waals surface area contributed by atoms with Gasteiger partial charge in [-0.15, -0.1) is 11.3 Å². The molecule has 0 unspecified atom stereocenters. The molecule has 0 amide bonds. The van der Waals surface area contributed by atoms with Crippen molar-refractivity contribution in [2.45, 2.75) is 6.61 Å². The van der Waals surface area contributed by atoms with Crippen molar-refractivity contribution in [2.75, 3.05) is 0 Å². The number of hydrogen-bond acceptors (Lipinski definition) is 2. The van der Waals surface area contributed by atoms with Gasteiger partial charge in [-0.1, -0.05) is 12.1 Å². The first-order valence-electron chi connectivity index (χ1n) is 3.39. The van der Waals surface area contributed by atoms with E-state index < -0.39 is 0 Å². The highest BCUT2D eigenvalue weighted by Gasteiger charge is 2.00. The highest BCUT2D eigenvalue weighted by Crippen LogP contribution is 2.24. The van der Waals surface area contributed by atoms with Crippen LogP contribution in [-0.2, 0) is 6.61 Å². The summed E-state index contributed by atoms with van der Waals surface area (Å²) in [6, 6.07) is 8.97. The molecule has 2 aromatic rings. The van der Waals surface area contributed by atoms with Crippen LogP contribution in [-0.4, -0.2) is 5.11 Å². The molecule has 1 aromatic carbocycles. The summed E-state index contributed by atoms with van der Waals surface area (Å²) >= 11 is 1.65. The highest BCUT2D eigenvalue weighted by molar-refractivity contribution is 7.17. The largest absolute Gasteiger partial charge is 0.392 e. The second-order valence-corrected chi connectivity index (χ2v) is 3.24. The third kappa shape index (κ3) is 1.04. The van der Waals surface area contributed by atoms with E-state index in [1.165, 1.54) is 4.70 Å². The molecule has 0 aliphatic rings. The third-order valence-corrected chi connectivity index (χ3v) is 2.63. The molecular weight excluding hydrogens is 156 g/mol. The summed E-state index contributed by atoms with van der Waals surface area (Å²) in [7, 11) is 0. The monoisotopic (exact) mass is 163 g/mol. The van der Waals surface area contributed by atoms with Crippen molar-refractivity contribution in [2.24, 2.45) is 0 Å². The van der Waals surface area contributed by atoms with Crippen LogP contribution in [0.4, 0.5) is 0 Å². The summed E-state index contributed by atoms with van der Waals surface area (Å²) in [4.78, 5) is 0. The van der Waals surface area contributed by atoms with Crippen LogP contribution >= 0.6 is 11.3 Å². The second-order valence-electron chi connectivity index (χ2n) is 2.33. The van der Waals surface area contributed by atoms with E-state index in [-0.39, 0.29) is 6.61 Å². The van der Waals surface area contributed by atoms with Gasteiger partial charge in [0.1, 0.15) is 0 Å². The molecule has 0 saturated heterocycles. The zero-order valence-electron chi connectivity index (χ0n) is 5.87. The number of hydrogen-bond donors (Lipinski definition) is 1. The normalized spacial score (nSPS) is 10.6. The summed E-state index contributed by atoms with van der Waals surface area (Å²) in [6.45, 7) is 0.112. The minimum absolute atomic E-state index is 0.112. The first-order valence-corrected chi connectivity index (χ1v) is 4.27. The Morgan fingerprint density at radius 2 is 2.45 bits per heavy atom. The molecular formula is C9H7OS. The maximum absolute atomic E-state index is 8.91. The molecule has 1 aromatic heterocycles. The Bertz CT molecular complexity index is 364. The van der Waals surface area contributed by atoms with Crippen LogP contribution < -0.4 is 0 Å². The van der Waals surface area contributed by atoms with Crippen LogP contribution in [0.5, 0.6) is 0 Å². The van der Waals surface area contributed by atoms with E-state index in [4.69, 9.17) is 5.11 Å². The van der Waals surface area contributed by atoms with E-state index in [1.54, 1.807) is 11.3 Å². The van der Waals surface area contributed by atoms with Gasteiger partial charge in [0, 0.05) is 10.1 Å². The zero-order valence-corrected chi connectivity index (χ0v) is 6.69. The minimum Gasteiger partial charge on any atom is -0.392 e. The molecule has 11 heavy (non-hydrogen) atoms. The fourth-order valence-corrected chi connectivity index (χ4v) is 2.01. The summed E-state index contributed by atoms with van der Waals surface area (Å²) in [6.07, 6.45) is 0. The van der Waals surface area contributed by atoms with Crippen molar-refractivity contribution in [1.82, 2.24) is 0 Å². The lowest BCUT2D eigenvalue weighted by atomic mass is 10.2. The van der Waals surface area contributed by atoms with Gasteiger partial charge in [-0.2, -0.15) is 0 Å². The van der Waals surface area contributed by atoms with Crippen molar-refractivity contribution in [3.63, 3.8) is 0 Å². The molecule has 0 aliphatic carbocycles. The summed E-state index contributed by atoms with van der Waals surface area (Å²) in [5, 5.41) is 11.9. The molecule has 0 saturated carbocycles. The lowest BCUT2D eigenvalue weighted by Gasteiger charge is -1.89. The van der Waals surface area contributed by atoms with Gasteiger partial charge >= 0.3 is 0 Å². The van der Waals surface area contributed by atoms with Crippen molar-refractivity contribution >= 4 is 21.4 Å². The van der Waals surface area contributed by atoms with Gasteiger partial charge < -0.3 is 5.11 Å². The van der Waals surface area contributed by atoms with E-state index in [0.717, 1.165) is 10.9 Å². The average molecular weight is 163 g/mol. The predicted octanol–water partition coefficient (Wildman–Crippen LogP) is 2.19. The third-order valence-electron chi connectivity index (χ3n) is 1.64. The van der Waals surface area contributed by atoms with E-state index in [2.05, 4.69) is 6.07 Å². The van der Waals surface area contributed by atoms with E-state index in [1.807, 2.05) is 23.6 Å². The molecule has 1 heterocycles. The van der Waals surface area contributed by atoms with E-state index in [0.29, 0.717) is 0 Å². The topological polar surface area (TPSA) is 20.2 Å². The van der Waals surface area contributed by atoms with Crippen LogP contribution in [0.15, 0.2) is 23.6 Å². The smallest absolute Gasteiger partial charge is 0.0696 e. The Morgan fingerprint density at radius 1 is 1.55 bits per heavy atom. The molecule has 0 fully saturated rings. The number of fused-ring (bicyclic) bond motifs is 1. The number of aliphatic hydroxyl groups excluding tert-OH is 1. The van der Waals surface area contributed by atoms with Gasteiger partial charge in [0.2, 0.25) is 0 Å². The maximum atomic E-state index is 8.91. The molecule has 0 spiro atoms. The molecule has 2 rings (SSSR count). The van der Waals surface area contributed by atoms with Crippen LogP contribution in [0.25, 0.3) is 10.1 Å². The van der Waals surface area contributed by atoms with Gasteiger partial charge in [-0.3, -0.25) is 0 Å². The molecule has 55 valence electrons. The standard InChI is InChI=1S/C9H7OS/c10-5-7-6-11-9-4-2-1-3-8(7)9/h1-2,4,6,10H,5H2. The number of aliphatic hydroxyl groups is 1. The lowest BCUT2D eigenvalue weighted by Crippen LogP contribution is -1.77. The predicted molar refractivity (Wildman–Crippen MR) is 46.6 cm³/mol. The average Bonchev–Trinajstić information content (AvgIpc) is 2.47. The fourth-order valence-electron chi connectivity index (χ4n) is 1.08. The molecule has 0 bridgehead atoms. The first-order chi connectivity index (χ1) is 5.42. The van der Waals surface area contributed by atoms with Gasteiger partial charge in [0.05, 0.1) is 6.61 Å². The van der Waals surface area contributed by atoms with E-state index in [9.17, 15) is 0 Å². The van der Waals surface area contributed by atoms with Crippen molar-refractivity contribution < 1.29 is 5.11 Å². The van der Waals surface area contributed by atoms with Gasteiger partial charge in [-0.25, -0.2) is 0 Å². The Morgan fingerprint density at radius 3 is 3.27 bits per heavy atom. The van der Waals surface area contributed by atoms with E-state index >= 15 is 0 Å². The zero-order chi connectivity index (χ0) is 7.68. The van der Waals surface area contributed by atoms with Crippen molar-refractivity contribution in [1.29, 1.82) is 0 Å². The SMILES string of the molecule is OCc1csc2ccc[c]c12. The number of thiophene rings is 1. The molecule has 1 N–H and O–H groups in total. The Balaban J connectivity index is 2.76. The minimum atomic E-state index is 0.112. The Hall–Kier alpha value is -0.860. The summed E-state index contributed by atoms with van der Waals surface area (Å²) < 4.78 is 1.19. The second kappa shape index (κ2) is 2.64. The molecule has 0 atom stereocenters. The fraction of sp³-hybridized carbons (Fsp3) is 0.111. The van der Waals surface area contributed by atoms with Crippen LogP contribution in [0, 0.1) is 6.07 Å². The molecule has 1 nitrogen and oxygen atoms in total. The highest BCUT2D eigenvalue weighted by atomic mass is 32.1. The maximum Gasteiger partial charge on any atom is 0.0696 e. The van der Waals surface area contributed by atoms with Gasteiger partial charge in [0.15, 0.2) is 0 Å². The molecule has 0 aliphatic heterocycles. The van der Waals surface area contributed by atoms with Crippen LogP contribution in [0.1, 0.15) is 5.56 Å². The molecule has 2 heteroatoms. The molecule has 1 radical (unpaired) electrons. The Kier molecular flexibility index (Phi) is 1.64. The van der Waals surface area contributed by atoms with Crippen molar-refractivity contribution in [3.05, 3.63) is 35.2 Å². The van der Waals surface area contributed by atoms with Gasteiger partial charge in [0.25, 0.3) is 0 Å².